The zero-order chi connectivity index (χ0) is 21.8. The molecule has 0 aliphatic heterocycles. The fraction of sp³-hybridized carbons (Fsp3) is 0.263. The van der Waals surface area contributed by atoms with Gasteiger partial charge in [0.1, 0.15) is 17.4 Å². The number of nitrogens with zero attached hydrogens (tertiary/aromatic N) is 2. The average Bonchev–Trinajstić information content (AvgIpc) is 2.71. The molecule has 0 spiro atoms. The Hall–Kier alpha value is -4.02. The SMILES string of the molecule is Cn1c(=O)[nH]c(=O)c2nc(CCC(=O)NC(Cc3ccccc3)C(=O)O)c(=O)[nH]c21. The molecule has 0 aliphatic carbocycles. The number of carboxylic acids is 1. The summed E-state index contributed by atoms with van der Waals surface area (Å²) in [4.78, 5) is 68.0. The van der Waals surface area contributed by atoms with Gasteiger partial charge in [-0.25, -0.2) is 14.6 Å². The Kier molecular flexibility index (Phi) is 5.90. The molecule has 2 aromatic heterocycles. The quantitative estimate of drug-likeness (QED) is 0.387. The highest BCUT2D eigenvalue weighted by Crippen LogP contribution is 2.05. The number of carbonyl (C=O) groups is 2. The van der Waals surface area contributed by atoms with E-state index in [1.807, 2.05) is 0 Å². The normalized spacial score (nSPS) is 11.9. The number of carbonyl (C=O) groups excluding carboxylic acids is 1. The van der Waals surface area contributed by atoms with Crippen LogP contribution in [-0.4, -0.2) is 42.5 Å². The molecule has 1 unspecified atom stereocenters. The lowest BCUT2D eigenvalue weighted by Crippen LogP contribution is -2.42. The summed E-state index contributed by atoms with van der Waals surface area (Å²) in [5.41, 5.74) is -1.59. The standard InChI is InChI=1S/C19H19N5O6/c1-24-15-14(17(27)23-19(24)30)21-11(16(26)22-15)7-8-13(25)20-12(18(28)29)9-10-5-3-2-4-6-10/h2-6,12H,7-9H2,1H3,(H,20,25)(H,22,26)(H,28,29)(H,23,27,30). The molecule has 1 atom stereocenters. The van der Waals surface area contributed by atoms with Gasteiger partial charge in [0.2, 0.25) is 5.91 Å². The number of benzene rings is 1. The second-order valence-electron chi connectivity index (χ2n) is 6.68. The van der Waals surface area contributed by atoms with Crippen LogP contribution in [0, 0.1) is 0 Å². The van der Waals surface area contributed by atoms with Crippen LogP contribution < -0.4 is 22.1 Å². The number of aromatic nitrogens is 4. The van der Waals surface area contributed by atoms with Gasteiger partial charge >= 0.3 is 11.7 Å². The van der Waals surface area contributed by atoms with Crippen LogP contribution in [0.25, 0.3) is 11.2 Å². The molecule has 0 saturated carbocycles. The Morgan fingerprint density at radius 3 is 2.50 bits per heavy atom. The fourth-order valence-corrected chi connectivity index (χ4v) is 2.94. The zero-order valence-corrected chi connectivity index (χ0v) is 16.0. The minimum atomic E-state index is -1.18. The summed E-state index contributed by atoms with van der Waals surface area (Å²) in [5, 5.41) is 11.8. The summed E-state index contributed by atoms with van der Waals surface area (Å²) >= 11 is 0. The van der Waals surface area contributed by atoms with Gasteiger partial charge in [-0.05, 0) is 5.56 Å². The Morgan fingerprint density at radius 2 is 1.83 bits per heavy atom. The van der Waals surface area contributed by atoms with Gasteiger partial charge in [0.05, 0.1) is 0 Å². The van der Waals surface area contributed by atoms with Gasteiger partial charge in [-0.3, -0.25) is 23.9 Å². The molecule has 0 radical (unpaired) electrons. The maximum absolute atomic E-state index is 12.2. The lowest BCUT2D eigenvalue weighted by atomic mass is 10.1. The third-order valence-electron chi connectivity index (χ3n) is 4.55. The number of aromatic amines is 2. The molecule has 0 bridgehead atoms. The van der Waals surface area contributed by atoms with E-state index in [1.54, 1.807) is 30.3 Å². The van der Waals surface area contributed by atoms with E-state index < -0.39 is 34.7 Å². The van der Waals surface area contributed by atoms with Crippen LogP contribution >= 0.6 is 0 Å². The highest BCUT2D eigenvalue weighted by molar-refractivity contribution is 5.83. The molecule has 30 heavy (non-hydrogen) atoms. The van der Waals surface area contributed by atoms with E-state index in [1.165, 1.54) is 7.05 Å². The van der Waals surface area contributed by atoms with Crippen LogP contribution in [0.15, 0.2) is 44.7 Å². The van der Waals surface area contributed by atoms with Crippen molar-refractivity contribution in [3.63, 3.8) is 0 Å². The van der Waals surface area contributed by atoms with Crippen LogP contribution in [0.2, 0.25) is 0 Å². The summed E-state index contributed by atoms with van der Waals surface area (Å²) < 4.78 is 1.04. The van der Waals surface area contributed by atoms with Gasteiger partial charge in [0.25, 0.3) is 11.1 Å². The molecule has 2 heterocycles. The molecule has 0 aliphatic rings. The van der Waals surface area contributed by atoms with Crippen molar-refractivity contribution in [2.45, 2.75) is 25.3 Å². The summed E-state index contributed by atoms with van der Waals surface area (Å²) in [7, 11) is 1.37. The largest absolute Gasteiger partial charge is 0.480 e. The van der Waals surface area contributed by atoms with Crippen molar-refractivity contribution in [3.8, 4) is 0 Å². The van der Waals surface area contributed by atoms with E-state index >= 15 is 0 Å². The van der Waals surface area contributed by atoms with Crippen LogP contribution in [0.1, 0.15) is 17.7 Å². The molecule has 4 N–H and O–H groups in total. The number of H-pyrrole nitrogens is 2. The molecular formula is C19H19N5O6. The molecular weight excluding hydrogens is 394 g/mol. The van der Waals surface area contributed by atoms with Crippen molar-refractivity contribution in [3.05, 3.63) is 72.8 Å². The minimum Gasteiger partial charge on any atom is -0.480 e. The minimum absolute atomic E-state index is 0.0317. The Morgan fingerprint density at radius 1 is 1.13 bits per heavy atom. The third-order valence-corrected chi connectivity index (χ3v) is 4.55. The van der Waals surface area contributed by atoms with E-state index in [2.05, 4.69) is 20.3 Å². The number of aliphatic carboxylic acids is 1. The van der Waals surface area contributed by atoms with Gasteiger partial charge in [-0.1, -0.05) is 30.3 Å². The fourth-order valence-electron chi connectivity index (χ4n) is 2.94. The predicted molar refractivity (Wildman–Crippen MR) is 106 cm³/mol. The van der Waals surface area contributed by atoms with Crippen LogP contribution in [0.5, 0.6) is 0 Å². The van der Waals surface area contributed by atoms with Crippen molar-refractivity contribution in [2.75, 3.05) is 0 Å². The van der Waals surface area contributed by atoms with Crippen molar-refractivity contribution in [2.24, 2.45) is 7.05 Å². The van der Waals surface area contributed by atoms with E-state index in [9.17, 15) is 29.1 Å². The first-order valence-electron chi connectivity index (χ1n) is 9.04. The second-order valence-corrected chi connectivity index (χ2v) is 6.68. The van der Waals surface area contributed by atoms with Gasteiger partial charge in [0, 0.05) is 26.3 Å². The number of amides is 1. The first-order chi connectivity index (χ1) is 14.3. The molecule has 1 amide bonds. The van der Waals surface area contributed by atoms with Gasteiger partial charge in [-0.15, -0.1) is 0 Å². The first kappa shape index (κ1) is 20.7. The maximum atomic E-state index is 12.2. The summed E-state index contributed by atoms with van der Waals surface area (Å²) in [6.45, 7) is 0. The maximum Gasteiger partial charge on any atom is 0.329 e. The monoisotopic (exact) mass is 413 g/mol. The first-order valence-corrected chi connectivity index (χ1v) is 9.04. The molecule has 0 saturated heterocycles. The number of rotatable bonds is 7. The van der Waals surface area contributed by atoms with E-state index in [0.29, 0.717) is 0 Å². The Labute approximate surface area is 168 Å². The molecule has 1 aromatic carbocycles. The number of hydrogen-bond donors (Lipinski definition) is 4. The highest BCUT2D eigenvalue weighted by atomic mass is 16.4. The van der Waals surface area contributed by atoms with E-state index in [0.717, 1.165) is 10.1 Å². The Bertz CT molecular complexity index is 1270. The van der Waals surface area contributed by atoms with E-state index in [4.69, 9.17) is 0 Å². The smallest absolute Gasteiger partial charge is 0.329 e. The number of carboxylic acid groups (broad SMARTS) is 1. The van der Waals surface area contributed by atoms with Crippen molar-refractivity contribution >= 4 is 23.0 Å². The van der Waals surface area contributed by atoms with Gasteiger partial charge in [0.15, 0.2) is 5.52 Å². The zero-order valence-electron chi connectivity index (χ0n) is 16.0. The van der Waals surface area contributed by atoms with Crippen LogP contribution in [0.4, 0.5) is 0 Å². The highest BCUT2D eigenvalue weighted by Gasteiger charge is 2.21. The second kappa shape index (κ2) is 8.55. The number of aryl methyl sites for hydroxylation is 2. The average molecular weight is 413 g/mol. The van der Waals surface area contributed by atoms with Gasteiger partial charge < -0.3 is 15.4 Å². The predicted octanol–water partition coefficient (Wildman–Crippen LogP) is -0.945. The summed E-state index contributed by atoms with van der Waals surface area (Å²) in [6, 6.07) is 7.72. The van der Waals surface area contributed by atoms with Crippen LogP contribution in [-0.2, 0) is 29.5 Å². The number of hydrogen-bond acceptors (Lipinski definition) is 6. The lowest BCUT2D eigenvalue weighted by molar-refractivity contribution is -0.141. The molecule has 3 aromatic rings. The van der Waals surface area contributed by atoms with Crippen molar-refractivity contribution in [1.29, 1.82) is 0 Å². The topological polar surface area (TPSA) is 167 Å². The summed E-state index contributed by atoms with van der Waals surface area (Å²) in [6.07, 6.45) is -0.207. The summed E-state index contributed by atoms with van der Waals surface area (Å²) in [5.74, 6) is -1.75. The number of nitrogens with one attached hydrogen (secondary N) is 3. The molecule has 11 nitrogen and oxygen atoms in total. The Balaban J connectivity index is 1.73. The van der Waals surface area contributed by atoms with Crippen molar-refractivity contribution < 1.29 is 14.7 Å². The molecule has 3 rings (SSSR count). The van der Waals surface area contributed by atoms with Gasteiger partial charge in [-0.2, -0.15) is 0 Å². The van der Waals surface area contributed by atoms with E-state index in [-0.39, 0.29) is 36.1 Å². The molecule has 0 fully saturated rings. The lowest BCUT2D eigenvalue weighted by Gasteiger charge is -2.14. The number of fused-ring (bicyclic) bond motifs is 1. The third kappa shape index (κ3) is 4.51. The molecule has 156 valence electrons. The van der Waals surface area contributed by atoms with Crippen molar-refractivity contribution in [1.82, 2.24) is 24.8 Å². The molecule has 11 heteroatoms. The van der Waals surface area contributed by atoms with Crippen LogP contribution in [0.3, 0.4) is 0 Å².